The predicted molar refractivity (Wildman–Crippen MR) is 68.0 cm³/mol. The molecule has 0 bridgehead atoms. The van der Waals surface area contributed by atoms with Crippen LogP contribution < -0.4 is 5.32 Å². The van der Waals surface area contributed by atoms with Crippen LogP contribution in [0.1, 0.15) is 5.56 Å². The molecule has 1 saturated heterocycles. The van der Waals surface area contributed by atoms with Gasteiger partial charge in [-0.2, -0.15) is 4.31 Å². The lowest BCUT2D eigenvalue weighted by molar-refractivity contribution is -0.122. The zero-order valence-corrected chi connectivity index (χ0v) is 11.4. The number of hydrogen-bond donors (Lipinski definition) is 1. The van der Waals surface area contributed by atoms with Crippen LogP contribution >= 0.6 is 11.6 Å². The summed E-state index contributed by atoms with van der Waals surface area (Å²) in [4.78, 5) is 11.4. The number of nitrogens with one attached hydrogen (secondary N) is 1. The predicted octanol–water partition coefficient (Wildman–Crippen LogP) is 0.769. The Hall–Kier alpha value is -1.11. The molecule has 7 heteroatoms. The number of carbonyl (C=O) groups is 1. The quantitative estimate of drug-likeness (QED) is 0.874. The summed E-state index contributed by atoms with van der Waals surface area (Å²) in [5.41, 5.74) is 0.577. The molecule has 5 nitrogen and oxygen atoms in total. The van der Waals surface area contributed by atoms with Gasteiger partial charge in [0.25, 0.3) is 0 Å². The number of piperazine rings is 1. The molecule has 0 saturated carbocycles. The van der Waals surface area contributed by atoms with Crippen LogP contribution in [0, 0.1) is 6.92 Å². The van der Waals surface area contributed by atoms with Crippen LogP contribution in [-0.2, 0) is 14.8 Å². The second-order valence-electron chi connectivity index (χ2n) is 4.10. The lowest BCUT2D eigenvalue weighted by Crippen LogP contribution is -2.49. The van der Waals surface area contributed by atoms with E-state index in [1.807, 2.05) is 0 Å². The van der Waals surface area contributed by atoms with E-state index < -0.39 is 10.0 Å². The highest BCUT2D eigenvalue weighted by Gasteiger charge is 2.30. The highest BCUT2D eigenvalue weighted by atomic mass is 35.5. The molecule has 1 amide bonds. The number of aryl methyl sites for hydroxylation is 1. The van der Waals surface area contributed by atoms with Crippen LogP contribution in [0.3, 0.4) is 0 Å². The number of benzene rings is 1. The van der Waals surface area contributed by atoms with Gasteiger partial charge in [-0.05, 0) is 30.7 Å². The first-order valence-electron chi connectivity index (χ1n) is 5.44. The Kier molecular flexibility index (Phi) is 3.61. The van der Waals surface area contributed by atoms with Gasteiger partial charge in [0, 0.05) is 18.1 Å². The van der Waals surface area contributed by atoms with Gasteiger partial charge < -0.3 is 5.32 Å². The first kappa shape index (κ1) is 13.3. The molecule has 1 aliphatic rings. The van der Waals surface area contributed by atoms with Gasteiger partial charge in [0.2, 0.25) is 15.9 Å². The molecule has 1 N–H and O–H groups in total. The number of nitrogens with zero attached hydrogens (tertiary/aromatic N) is 1. The van der Waals surface area contributed by atoms with E-state index in [1.54, 1.807) is 13.0 Å². The normalized spacial score (nSPS) is 17.6. The van der Waals surface area contributed by atoms with E-state index in [4.69, 9.17) is 11.6 Å². The van der Waals surface area contributed by atoms with Crippen LogP contribution in [0.4, 0.5) is 0 Å². The fourth-order valence-electron chi connectivity index (χ4n) is 1.86. The first-order chi connectivity index (χ1) is 8.41. The smallest absolute Gasteiger partial charge is 0.243 e. The van der Waals surface area contributed by atoms with Gasteiger partial charge in [0.1, 0.15) is 0 Å². The molecule has 0 aromatic heterocycles. The van der Waals surface area contributed by atoms with E-state index >= 15 is 0 Å². The van der Waals surface area contributed by atoms with Crippen LogP contribution in [0.25, 0.3) is 0 Å². The molecule has 1 aromatic carbocycles. The summed E-state index contributed by atoms with van der Waals surface area (Å²) in [6, 6.07) is 4.60. The van der Waals surface area contributed by atoms with E-state index in [9.17, 15) is 13.2 Å². The molecule has 0 atom stereocenters. The lowest BCUT2D eigenvalue weighted by atomic mass is 10.2. The summed E-state index contributed by atoms with van der Waals surface area (Å²) in [6.45, 7) is 2.17. The summed E-state index contributed by atoms with van der Waals surface area (Å²) in [5, 5.41) is 3.08. The third-order valence-corrected chi connectivity index (χ3v) is 5.00. The van der Waals surface area contributed by atoms with Gasteiger partial charge in [0.15, 0.2) is 0 Å². The first-order valence-corrected chi connectivity index (χ1v) is 7.26. The molecular weight excluding hydrogens is 276 g/mol. The van der Waals surface area contributed by atoms with Crippen molar-refractivity contribution in [2.75, 3.05) is 19.6 Å². The van der Waals surface area contributed by atoms with Crippen molar-refractivity contribution >= 4 is 27.5 Å². The largest absolute Gasteiger partial charge is 0.354 e. The summed E-state index contributed by atoms with van der Waals surface area (Å²) in [7, 11) is -3.63. The zero-order valence-electron chi connectivity index (χ0n) is 9.81. The van der Waals surface area contributed by atoms with Gasteiger partial charge in [-0.1, -0.05) is 11.6 Å². The summed E-state index contributed by atoms with van der Waals surface area (Å²) < 4.78 is 25.9. The summed E-state index contributed by atoms with van der Waals surface area (Å²) in [5.74, 6) is -0.281. The second kappa shape index (κ2) is 4.87. The summed E-state index contributed by atoms with van der Waals surface area (Å²) in [6.07, 6.45) is 0. The highest BCUT2D eigenvalue weighted by molar-refractivity contribution is 7.89. The number of amides is 1. The number of sulfonamides is 1. The molecule has 1 heterocycles. The zero-order chi connectivity index (χ0) is 13.3. The van der Waals surface area contributed by atoms with Gasteiger partial charge in [-0.25, -0.2) is 8.42 Å². The fraction of sp³-hybridized carbons (Fsp3) is 0.364. The molecule has 1 fully saturated rings. The van der Waals surface area contributed by atoms with Crippen molar-refractivity contribution in [3.05, 3.63) is 28.8 Å². The number of carbonyl (C=O) groups excluding carboxylic acids is 1. The Morgan fingerprint density at radius 2 is 2.11 bits per heavy atom. The molecular formula is C11H13ClN2O3S. The Labute approximate surface area is 111 Å². The number of halogens is 1. The van der Waals surface area contributed by atoms with Crippen LogP contribution in [0.15, 0.2) is 23.1 Å². The van der Waals surface area contributed by atoms with Gasteiger partial charge in [-0.3, -0.25) is 4.79 Å². The Bertz CT molecular complexity index is 586. The molecule has 0 aliphatic carbocycles. The molecule has 0 radical (unpaired) electrons. The van der Waals surface area contributed by atoms with Crippen LogP contribution in [0.2, 0.25) is 5.02 Å². The van der Waals surface area contributed by atoms with Crippen molar-refractivity contribution in [2.24, 2.45) is 0 Å². The highest BCUT2D eigenvalue weighted by Crippen LogP contribution is 2.23. The molecule has 2 rings (SSSR count). The molecule has 98 valence electrons. The van der Waals surface area contributed by atoms with E-state index in [0.29, 0.717) is 17.1 Å². The van der Waals surface area contributed by atoms with Gasteiger partial charge in [0.05, 0.1) is 11.4 Å². The van der Waals surface area contributed by atoms with Crippen LogP contribution in [0.5, 0.6) is 0 Å². The minimum absolute atomic E-state index is 0.135. The number of rotatable bonds is 2. The lowest BCUT2D eigenvalue weighted by Gasteiger charge is -2.26. The van der Waals surface area contributed by atoms with E-state index in [-0.39, 0.29) is 23.9 Å². The minimum Gasteiger partial charge on any atom is -0.354 e. The van der Waals surface area contributed by atoms with Crippen molar-refractivity contribution in [3.8, 4) is 0 Å². The Balaban J connectivity index is 2.38. The minimum atomic E-state index is -3.63. The average molecular weight is 289 g/mol. The molecule has 1 aliphatic heterocycles. The maximum Gasteiger partial charge on any atom is 0.243 e. The average Bonchev–Trinajstić information content (AvgIpc) is 2.28. The third kappa shape index (κ3) is 2.50. The van der Waals surface area contributed by atoms with Gasteiger partial charge in [-0.15, -0.1) is 0 Å². The topological polar surface area (TPSA) is 66.5 Å². The van der Waals surface area contributed by atoms with E-state index in [2.05, 4.69) is 5.32 Å². The van der Waals surface area contributed by atoms with Crippen molar-refractivity contribution in [1.82, 2.24) is 9.62 Å². The molecule has 0 spiro atoms. The summed E-state index contributed by atoms with van der Waals surface area (Å²) >= 11 is 5.80. The van der Waals surface area contributed by atoms with Crippen molar-refractivity contribution in [1.29, 1.82) is 0 Å². The number of hydrogen-bond acceptors (Lipinski definition) is 3. The molecule has 1 aromatic rings. The van der Waals surface area contributed by atoms with Crippen molar-refractivity contribution in [2.45, 2.75) is 11.8 Å². The SMILES string of the molecule is Cc1cc(Cl)ccc1S(=O)(=O)N1CCNC(=O)C1. The Morgan fingerprint density at radius 1 is 1.39 bits per heavy atom. The second-order valence-corrected chi connectivity index (χ2v) is 6.44. The maximum absolute atomic E-state index is 12.4. The van der Waals surface area contributed by atoms with Crippen molar-refractivity contribution in [3.63, 3.8) is 0 Å². The standard InChI is InChI=1S/C11H13ClN2O3S/c1-8-6-9(12)2-3-10(8)18(16,17)14-5-4-13-11(15)7-14/h2-3,6H,4-5,7H2,1H3,(H,13,15). The van der Waals surface area contributed by atoms with E-state index in [0.717, 1.165) is 0 Å². The van der Waals surface area contributed by atoms with Crippen LogP contribution in [-0.4, -0.2) is 38.3 Å². The molecule has 18 heavy (non-hydrogen) atoms. The monoisotopic (exact) mass is 288 g/mol. The van der Waals surface area contributed by atoms with E-state index in [1.165, 1.54) is 16.4 Å². The van der Waals surface area contributed by atoms with Crippen molar-refractivity contribution < 1.29 is 13.2 Å². The maximum atomic E-state index is 12.4. The van der Waals surface area contributed by atoms with Gasteiger partial charge >= 0.3 is 0 Å². The third-order valence-electron chi connectivity index (χ3n) is 2.76. The fourth-order valence-corrected chi connectivity index (χ4v) is 3.69. The molecule has 0 unspecified atom stereocenters. The Morgan fingerprint density at radius 3 is 2.72 bits per heavy atom.